The molecule has 0 fully saturated rings. The molecule has 0 heterocycles. The Balaban J connectivity index is 2.29. The minimum atomic E-state index is -1.91. The number of allylic oxidation sites excluding steroid dienone is 1. The van der Waals surface area contributed by atoms with Crippen LogP contribution in [-0.4, -0.2) is 25.6 Å². The highest BCUT2D eigenvalue weighted by atomic mass is 28.4. The second-order valence-electron chi connectivity index (χ2n) is 9.95. The van der Waals surface area contributed by atoms with E-state index < -0.39 is 8.32 Å². The summed E-state index contributed by atoms with van der Waals surface area (Å²) in [6.07, 6.45) is 6.91. The number of rotatable bonds is 8. The van der Waals surface area contributed by atoms with Crippen molar-refractivity contribution in [1.82, 2.24) is 0 Å². The van der Waals surface area contributed by atoms with Crippen molar-refractivity contribution >= 4 is 8.32 Å². The lowest BCUT2D eigenvalue weighted by Crippen LogP contribution is -2.51. The molecule has 0 aromatic heterocycles. The van der Waals surface area contributed by atoms with Crippen LogP contribution >= 0.6 is 0 Å². The first-order valence-electron chi connectivity index (χ1n) is 11.2. The van der Waals surface area contributed by atoms with E-state index in [1.807, 2.05) is 0 Å². The summed E-state index contributed by atoms with van der Waals surface area (Å²) < 4.78 is 7.13. The van der Waals surface area contributed by atoms with Gasteiger partial charge in [0.15, 0.2) is 0 Å². The highest BCUT2D eigenvalue weighted by molar-refractivity contribution is 6.77. The van der Waals surface area contributed by atoms with E-state index in [1.165, 1.54) is 30.4 Å². The Kier molecular flexibility index (Phi) is 7.60. The second kappa shape index (κ2) is 8.92. The molecule has 0 aromatic rings. The summed E-state index contributed by atoms with van der Waals surface area (Å²) in [5.74, 6) is 1.03. The van der Waals surface area contributed by atoms with Gasteiger partial charge in [-0.2, -0.15) is 0 Å². The number of aliphatic hydroxyl groups excluding tert-OH is 1. The fraction of sp³-hybridized carbons (Fsp3) is 0.913. The topological polar surface area (TPSA) is 29.5 Å². The van der Waals surface area contributed by atoms with Crippen molar-refractivity contribution in [2.75, 3.05) is 0 Å². The van der Waals surface area contributed by atoms with Gasteiger partial charge in [0.1, 0.15) is 0 Å². The summed E-state index contributed by atoms with van der Waals surface area (Å²) in [7, 11) is -1.91. The van der Waals surface area contributed by atoms with Gasteiger partial charge < -0.3 is 9.53 Å². The van der Waals surface area contributed by atoms with Crippen LogP contribution < -0.4 is 0 Å². The van der Waals surface area contributed by atoms with E-state index in [0.29, 0.717) is 28.5 Å². The molecule has 26 heavy (non-hydrogen) atoms. The average molecular weight is 381 g/mol. The van der Waals surface area contributed by atoms with Gasteiger partial charge in [-0.3, -0.25) is 0 Å². The van der Waals surface area contributed by atoms with Gasteiger partial charge in [-0.15, -0.1) is 0 Å². The molecule has 2 aliphatic carbocycles. The van der Waals surface area contributed by atoms with E-state index >= 15 is 0 Å². The van der Waals surface area contributed by atoms with Crippen LogP contribution in [0, 0.1) is 11.8 Å². The molecule has 3 heteroatoms. The Morgan fingerprint density at radius 2 is 1.65 bits per heavy atom. The summed E-state index contributed by atoms with van der Waals surface area (Å²) >= 11 is 0. The van der Waals surface area contributed by atoms with E-state index in [1.54, 1.807) is 0 Å². The molecule has 0 spiro atoms. The lowest BCUT2D eigenvalue weighted by molar-refractivity contribution is 0.0665. The molecule has 0 amide bonds. The first kappa shape index (κ1) is 22.2. The molecule has 1 N–H and O–H groups in total. The van der Waals surface area contributed by atoms with Gasteiger partial charge in [-0.1, -0.05) is 73.8 Å². The Morgan fingerprint density at radius 1 is 1.08 bits per heavy atom. The van der Waals surface area contributed by atoms with Gasteiger partial charge in [-0.05, 0) is 59.7 Å². The highest BCUT2D eigenvalue weighted by Crippen LogP contribution is 2.49. The standard InChI is InChI=1S/C23H44O2Si/c1-9-10-11-20-18(8)14-19-12-13-21(22(19)23(20)24)25-26(15(2)3,16(4)5)17(6)7/h15-18,20-21,23-24H,9-14H2,1-8H3/t18-,20+,21+,23-/m0/s1. The normalized spacial score (nSPS) is 30.0. The SMILES string of the molecule is CCCC[C@H]1[C@H](O)C2=C(CC[C@H]2O[Si](C(C)C)(C(C)C)C(C)C)C[C@@H]1C. The van der Waals surface area contributed by atoms with Crippen LogP contribution in [0.15, 0.2) is 11.1 Å². The average Bonchev–Trinajstić information content (AvgIpc) is 2.93. The van der Waals surface area contributed by atoms with Crippen LogP contribution in [0.25, 0.3) is 0 Å². The number of unbranched alkanes of at least 4 members (excludes halogenated alkanes) is 1. The predicted molar refractivity (Wildman–Crippen MR) is 115 cm³/mol. The van der Waals surface area contributed by atoms with E-state index in [4.69, 9.17) is 4.43 Å². The molecule has 0 bridgehead atoms. The van der Waals surface area contributed by atoms with Crippen molar-refractivity contribution in [2.45, 2.75) is 123 Å². The van der Waals surface area contributed by atoms with Gasteiger partial charge >= 0.3 is 0 Å². The van der Waals surface area contributed by atoms with Crippen molar-refractivity contribution in [1.29, 1.82) is 0 Å². The molecular weight excluding hydrogens is 336 g/mol. The molecule has 2 nitrogen and oxygen atoms in total. The molecule has 0 saturated heterocycles. The van der Waals surface area contributed by atoms with Crippen LogP contribution in [0.5, 0.6) is 0 Å². The van der Waals surface area contributed by atoms with Crippen LogP contribution in [0.3, 0.4) is 0 Å². The minimum absolute atomic E-state index is 0.176. The summed E-state index contributed by atoms with van der Waals surface area (Å²) in [5.41, 5.74) is 4.64. The van der Waals surface area contributed by atoms with Crippen molar-refractivity contribution in [3.63, 3.8) is 0 Å². The first-order chi connectivity index (χ1) is 12.2. The molecule has 4 atom stereocenters. The van der Waals surface area contributed by atoms with Gasteiger partial charge in [0.2, 0.25) is 8.32 Å². The largest absolute Gasteiger partial charge is 0.409 e. The third-order valence-electron chi connectivity index (χ3n) is 7.43. The number of hydrogen-bond acceptors (Lipinski definition) is 2. The van der Waals surface area contributed by atoms with Crippen molar-refractivity contribution in [3.8, 4) is 0 Å². The van der Waals surface area contributed by atoms with E-state index in [2.05, 4.69) is 55.4 Å². The predicted octanol–water partition coefficient (Wildman–Crippen LogP) is 6.84. The maximum Gasteiger partial charge on any atom is 0.201 e. The van der Waals surface area contributed by atoms with Crippen LogP contribution in [0.2, 0.25) is 16.6 Å². The quantitative estimate of drug-likeness (QED) is 0.369. The zero-order chi connectivity index (χ0) is 19.6. The Morgan fingerprint density at radius 3 is 2.15 bits per heavy atom. The molecular formula is C23H44O2Si. The summed E-state index contributed by atoms with van der Waals surface area (Å²) in [6.45, 7) is 18.8. The van der Waals surface area contributed by atoms with Crippen LogP contribution in [0.4, 0.5) is 0 Å². The molecule has 0 aliphatic heterocycles. The van der Waals surface area contributed by atoms with E-state index in [0.717, 1.165) is 19.3 Å². The summed E-state index contributed by atoms with van der Waals surface area (Å²) in [5, 5.41) is 11.3. The smallest absolute Gasteiger partial charge is 0.201 e. The number of hydrogen-bond donors (Lipinski definition) is 1. The fourth-order valence-corrected chi connectivity index (χ4v) is 11.7. The second-order valence-corrected chi connectivity index (χ2v) is 15.4. The molecule has 0 unspecified atom stereocenters. The third kappa shape index (κ3) is 4.00. The minimum Gasteiger partial charge on any atom is -0.409 e. The van der Waals surface area contributed by atoms with Crippen LogP contribution in [0.1, 0.15) is 93.9 Å². The van der Waals surface area contributed by atoms with E-state index in [-0.39, 0.29) is 12.2 Å². The molecule has 0 aromatic carbocycles. The molecule has 0 radical (unpaired) electrons. The highest BCUT2D eigenvalue weighted by Gasteiger charge is 2.49. The third-order valence-corrected chi connectivity index (χ3v) is 13.5. The maximum absolute atomic E-state index is 11.3. The lowest BCUT2D eigenvalue weighted by atomic mass is 9.73. The molecule has 152 valence electrons. The van der Waals surface area contributed by atoms with Gasteiger partial charge in [0, 0.05) is 0 Å². The summed E-state index contributed by atoms with van der Waals surface area (Å²) in [4.78, 5) is 0. The first-order valence-corrected chi connectivity index (χ1v) is 13.4. The van der Waals surface area contributed by atoms with Crippen molar-refractivity contribution in [3.05, 3.63) is 11.1 Å². The van der Waals surface area contributed by atoms with Gasteiger partial charge in [0.05, 0.1) is 12.2 Å². The number of aliphatic hydroxyl groups is 1. The zero-order valence-corrected chi connectivity index (χ0v) is 19.6. The molecule has 2 aliphatic rings. The fourth-order valence-electron chi connectivity index (χ4n) is 6.19. The van der Waals surface area contributed by atoms with Crippen molar-refractivity contribution < 1.29 is 9.53 Å². The monoisotopic (exact) mass is 380 g/mol. The lowest BCUT2D eigenvalue weighted by Gasteiger charge is -2.46. The Bertz CT molecular complexity index is 473. The zero-order valence-electron chi connectivity index (χ0n) is 18.6. The van der Waals surface area contributed by atoms with Gasteiger partial charge in [0.25, 0.3) is 0 Å². The van der Waals surface area contributed by atoms with Crippen LogP contribution in [-0.2, 0) is 4.43 Å². The molecule has 2 rings (SSSR count). The van der Waals surface area contributed by atoms with Gasteiger partial charge in [-0.25, -0.2) is 0 Å². The van der Waals surface area contributed by atoms with E-state index in [9.17, 15) is 5.11 Å². The Hall–Kier alpha value is -0.123. The maximum atomic E-state index is 11.3. The van der Waals surface area contributed by atoms with Crippen molar-refractivity contribution in [2.24, 2.45) is 11.8 Å². The summed E-state index contributed by atoms with van der Waals surface area (Å²) in [6, 6.07) is 0. The molecule has 0 saturated carbocycles. The Labute approximate surface area is 163 Å².